The minimum absolute atomic E-state index is 0.0374. The molecule has 15 heteroatoms. The molecule has 186 valence electrons. The number of aliphatic hydroxyl groups excluding tert-OH is 1. The number of nitrogens with one attached hydrogen (secondary N) is 1. The van der Waals surface area contributed by atoms with Gasteiger partial charge in [-0.2, -0.15) is 9.97 Å². The van der Waals surface area contributed by atoms with E-state index >= 15 is 0 Å². The van der Waals surface area contributed by atoms with E-state index in [2.05, 4.69) is 20.0 Å². The Balaban J connectivity index is 1.42. The molecule has 7 unspecified atom stereocenters. The summed E-state index contributed by atoms with van der Waals surface area (Å²) in [5, 5.41) is 24.6. The summed E-state index contributed by atoms with van der Waals surface area (Å²) in [6, 6.07) is -1.59. The normalized spacial score (nSPS) is 31.4. The number of aromatic nitrogens is 4. The topological polar surface area (TPSA) is 193 Å². The summed E-state index contributed by atoms with van der Waals surface area (Å²) in [4.78, 5) is 24.2. The smallest absolute Gasteiger partial charge is 0.479 e. The molecule has 0 aromatic carbocycles. The number of ether oxygens (including phenoxy) is 3. The number of hydrogen-bond donors (Lipinski definition) is 4. The molecule has 1 aliphatic carbocycles. The highest BCUT2D eigenvalue weighted by atomic mass is 31.1. The summed E-state index contributed by atoms with van der Waals surface area (Å²) in [5.41, 5.74) is 3.53. The molecule has 2 fully saturated rings. The largest absolute Gasteiger partial charge is 0.613 e. The lowest BCUT2D eigenvalue weighted by molar-refractivity contribution is -0.149. The third-order valence-electron chi connectivity index (χ3n) is 6.09. The maximum atomic E-state index is 12.2. The van der Waals surface area contributed by atoms with Crippen LogP contribution < -0.4 is 15.6 Å². The molecule has 0 spiro atoms. The van der Waals surface area contributed by atoms with E-state index in [1.807, 2.05) is 0 Å². The lowest BCUT2D eigenvalue weighted by atomic mass is 10.1. The fraction of sp³-hybridized carbons (Fsp3) is 0.684. The van der Waals surface area contributed by atoms with Crippen LogP contribution in [0.3, 0.4) is 0 Å². The van der Waals surface area contributed by atoms with Gasteiger partial charge in [0.25, 0.3) is 0 Å². The van der Waals surface area contributed by atoms with E-state index < -0.39 is 49.6 Å². The van der Waals surface area contributed by atoms with E-state index in [0.717, 1.165) is 0 Å². The lowest BCUT2D eigenvalue weighted by Gasteiger charge is -2.22. The molecule has 3 heterocycles. The first kappa shape index (κ1) is 24.6. The van der Waals surface area contributed by atoms with E-state index in [4.69, 9.17) is 24.5 Å². The minimum atomic E-state index is -2.46. The fourth-order valence-electron chi connectivity index (χ4n) is 4.42. The van der Waals surface area contributed by atoms with E-state index in [0.29, 0.717) is 11.2 Å². The zero-order valence-corrected chi connectivity index (χ0v) is 20.2. The van der Waals surface area contributed by atoms with Gasteiger partial charge in [0.15, 0.2) is 11.2 Å². The molecule has 5 N–H and O–H groups in total. The Bertz CT molecular complexity index is 1130. The molecular formula is C19H28N6O8P+. The highest BCUT2D eigenvalue weighted by Gasteiger charge is 2.85. The number of carbonyl (C=O) groups is 1. The summed E-state index contributed by atoms with van der Waals surface area (Å²) < 4.78 is 35.2. The molecule has 0 radical (unpaired) electrons. The SMILES string of the molecule is COc1nc(N)nc2c1ncn2C1C2(C)OC(CO[P+](=O)NC(C)C(=O)OC(C)C)C(O)C12O. The molecule has 34 heavy (non-hydrogen) atoms. The number of methoxy groups -OCH3 is 1. The van der Waals surface area contributed by atoms with E-state index in [1.54, 1.807) is 25.3 Å². The van der Waals surface area contributed by atoms with Crippen molar-refractivity contribution in [3.05, 3.63) is 6.33 Å². The molecule has 1 saturated carbocycles. The van der Waals surface area contributed by atoms with Gasteiger partial charge >= 0.3 is 14.1 Å². The fourth-order valence-corrected chi connectivity index (χ4v) is 5.20. The van der Waals surface area contributed by atoms with E-state index in [1.165, 1.54) is 20.4 Å². The van der Waals surface area contributed by atoms with Crippen molar-refractivity contribution in [3.63, 3.8) is 0 Å². The Morgan fingerprint density at radius 3 is 2.71 bits per heavy atom. The van der Waals surface area contributed by atoms with Crippen LogP contribution in [0.5, 0.6) is 5.88 Å². The zero-order chi connectivity index (χ0) is 25.0. The molecule has 7 atom stereocenters. The number of nitrogen functional groups attached to an aromatic ring is 1. The second-order valence-corrected chi connectivity index (χ2v) is 9.77. The summed E-state index contributed by atoms with van der Waals surface area (Å²) in [6.45, 7) is 6.25. The highest BCUT2D eigenvalue weighted by Crippen LogP contribution is 2.67. The Morgan fingerprint density at radius 2 is 2.12 bits per heavy atom. The number of carbonyl (C=O) groups excluding carboxylic acids is 1. The monoisotopic (exact) mass is 499 g/mol. The van der Waals surface area contributed by atoms with Crippen molar-refractivity contribution >= 4 is 31.3 Å². The molecule has 14 nitrogen and oxygen atoms in total. The number of imidazole rings is 1. The Labute approximate surface area is 195 Å². The predicted octanol–water partition coefficient (Wildman–Crippen LogP) is -0.175. The molecule has 2 aliphatic rings. The van der Waals surface area contributed by atoms with E-state index in [-0.39, 0.29) is 24.5 Å². The van der Waals surface area contributed by atoms with Crippen LogP contribution in [-0.4, -0.2) is 85.0 Å². The van der Waals surface area contributed by atoms with Crippen LogP contribution in [0, 0.1) is 0 Å². The van der Waals surface area contributed by atoms with Crippen molar-refractivity contribution < 1.29 is 38.3 Å². The molecule has 1 aliphatic heterocycles. The van der Waals surface area contributed by atoms with Crippen LogP contribution in [0.4, 0.5) is 5.95 Å². The first-order valence-corrected chi connectivity index (χ1v) is 11.8. The van der Waals surface area contributed by atoms with Gasteiger partial charge in [0, 0.05) is 0 Å². The molecule has 0 amide bonds. The van der Waals surface area contributed by atoms with Gasteiger partial charge in [-0.05, 0) is 32.3 Å². The standard InChI is InChI=1S/C19H28N6O8P/c1-8(2)32-15(27)9(3)24-34(29)31-6-10-12(26)19(28)16(18(19,4)33-10)25-7-21-11-13(25)22-17(20)23-14(11)30-5/h7-10,12,16,26,28H,6H2,1-5H3,(H,24,29)(H2,20,22,23)/q+1. The first-order chi connectivity index (χ1) is 15.9. The molecule has 1 saturated heterocycles. The quantitative estimate of drug-likeness (QED) is 0.263. The maximum absolute atomic E-state index is 12.2. The van der Waals surface area contributed by atoms with Crippen molar-refractivity contribution in [3.8, 4) is 5.88 Å². The van der Waals surface area contributed by atoms with Crippen molar-refractivity contribution in [2.75, 3.05) is 19.5 Å². The Hall–Kier alpha value is -2.48. The average molecular weight is 499 g/mol. The third kappa shape index (κ3) is 3.80. The summed E-state index contributed by atoms with van der Waals surface area (Å²) in [7, 11) is -1.04. The second-order valence-electron chi connectivity index (χ2n) is 8.74. The molecule has 0 bridgehead atoms. The van der Waals surface area contributed by atoms with Crippen molar-refractivity contribution in [2.45, 2.75) is 69.3 Å². The van der Waals surface area contributed by atoms with Gasteiger partial charge in [-0.1, -0.05) is 5.09 Å². The third-order valence-corrected chi connectivity index (χ3v) is 7.07. The van der Waals surface area contributed by atoms with Crippen LogP contribution in [0.1, 0.15) is 33.7 Å². The van der Waals surface area contributed by atoms with E-state index in [9.17, 15) is 19.6 Å². The van der Waals surface area contributed by atoms with Crippen LogP contribution in [0.25, 0.3) is 11.2 Å². The van der Waals surface area contributed by atoms with Crippen molar-refractivity contribution in [1.29, 1.82) is 0 Å². The zero-order valence-electron chi connectivity index (χ0n) is 19.3. The number of anilines is 1. The number of fused-ring (bicyclic) bond motifs is 2. The van der Waals surface area contributed by atoms with Crippen LogP contribution in [-0.2, 0) is 23.4 Å². The van der Waals surface area contributed by atoms with Crippen LogP contribution in [0.15, 0.2) is 6.33 Å². The summed E-state index contributed by atoms with van der Waals surface area (Å²) in [6.07, 6.45) is -1.20. The molecule has 2 aromatic rings. The second kappa shape index (κ2) is 8.63. The minimum Gasteiger partial charge on any atom is -0.479 e. The molecular weight excluding hydrogens is 471 g/mol. The molecule has 4 rings (SSSR count). The predicted molar refractivity (Wildman–Crippen MR) is 117 cm³/mol. The number of hydrogen-bond acceptors (Lipinski definition) is 12. The highest BCUT2D eigenvalue weighted by molar-refractivity contribution is 7.36. The first-order valence-electron chi connectivity index (χ1n) is 10.6. The van der Waals surface area contributed by atoms with Crippen LogP contribution >= 0.6 is 8.18 Å². The van der Waals surface area contributed by atoms with Gasteiger partial charge in [0.05, 0.1) is 19.5 Å². The number of nitrogens with zero attached hydrogens (tertiary/aromatic N) is 4. The van der Waals surface area contributed by atoms with Gasteiger partial charge in [-0.15, -0.1) is 4.52 Å². The van der Waals surface area contributed by atoms with Gasteiger partial charge in [0.1, 0.15) is 42.1 Å². The average Bonchev–Trinajstić information content (AvgIpc) is 3.00. The number of rotatable bonds is 9. The lowest BCUT2D eigenvalue weighted by Crippen LogP contribution is -2.40. The maximum Gasteiger partial charge on any atom is 0.613 e. The summed E-state index contributed by atoms with van der Waals surface area (Å²) in [5.74, 6) is -0.428. The number of aliphatic hydroxyl groups is 2. The van der Waals surface area contributed by atoms with Gasteiger partial charge in [-0.3, -0.25) is 4.79 Å². The Morgan fingerprint density at radius 1 is 1.41 bits per heavy atom. The van der Waals surface area contributed by atoms with Crippen molar-refractivity contribution in [1.82, 2.24) is 24.6 Å². The van der Waals surface area contributed by atoms with Crippen molar-refractivity contribution in [2.24, 2.45) is 0 Å². The number of esters is 1. The van der Waals surface area contributed by atoms with Gasteiger partial charge in [-0.25, -0.2) is 4.98 Å². The van der Waals surface area contributed by atoms with Crippen LogP contribution in [0.2, 0.25) is 0 Å². The van der Waals surface area contributed by atoms with Gasteiger partial charge in [0.2, 0.25) is 11.8 Å². The molecule has 2 aromatic heterocycles. The summed E-state index contributed by atoms with van der Waals surface area (Å²) >= 11 is 0. The number of nitrogens with two attached hydrogens (primary N) is 1. The van der Waals surface area contributed by atoms with Gasteiger partial charge < -0.3 is 34.7 Å². The Kier molecular flexibility index (Phi) is 6.25.